The monoisotopic (exact) mass is 275 g/mol. The Balaban J connectivity index is 2.56. The van der Waals surface area contributed by atoms with Crippen molar-refractivity contribution in [2.75, 3.05) is 19.0 Å². The van der Waals surface area contributed by atoms with Crippen molar-refractivity contribution in [1.29, 1.82) is 0 Å². The van der Waals surface area contributed by atoms with Crippen molar-refractivity contribution in [3.05, 3.63) is 34.6 Å². The number of anilines is 1. The molecule has 0 radical (unpaired) electrons. The second-order valence-corrected chi connectivity index (χ2v) is 3.80. The molecule has 2 rings (SSSR count). The molecule has 0 fully saturated rings. The van der Waals surface area contributed by atoms with Crippen LogP contribution in [-0.2, 0) is 0 Å². The van der Waals surface area contributed by atoms with Gasteiger partial charge in [0.05, 0.1) is 12.0 Å². The summed E-state index contributed by atoms with van der Waals surface area (Å²) in [5, 5.41) is 14.0. The van der Waals surface area contributed by atoms with Gasteiger partial charge in [-0.25, -0.2) is 15.0 Å². The van der Waals surface area contributed by atoms with Gasteiger partial charge in [-0.1, -0.05) is 0 Å². The molecular weight excluding hydrogens is 262 g/mol. The van der Waals surface area contributed by atoms with Crippen molar-refractivity contribution < 1.29 is 9.66 Å². The van der Waals surface area contributed by atoms with Gasteiger partial charge in [-0.2, -0.15) is 0 Å². The summed E-state index contributed by atoms with van der Waals surface area (Å²) >= 11 is 0. The molecule has 0 bridgehead atoms. The predicted octanol–water partition coefficient (Wildman–Crippen LogP) is 1.89. The second kappa shape index (κ2) is 5.91. The fraction of sp³-hybridized carbons (Fsp3) is 0.250. The van der Waals surface area contributed by atoms with E-state index in [9.17, 15) is 10.1 Å². The fourth-order valence-electron chi connectivity index (χ4n) is 1.63. The summed E-state index contributed by atoms with van der Waals surface area (Å²) in [6.45, 7) is 2.51. The lowest BCUT2D eigenvalue weighted by molar-refractivity contribution is -0.384. The van der Waals surface area contributed by atoms with Gasteiger partial charge in [0.1, 0.15) is 6.20 Å². The van der Waals surface area contributed by atoms with Gasteiger partial charge >= 0.3 is 5.69 Å². The number of ether oxygens (including phenoxy) is 1. The van der Waals surface area contributed by atoms with E-state index in [4.69, 9.17) is 4.74 Å². The standard InChI is InChI=1S/C12H13N5O3/c1-3-13-12-15-7-9(17(18)19)11(16-12)8-4-5-14-10(6-8)20-2/h4-7H,3H2,1-2H3,(H,13,15,16). The summed E-state index contributed by atoms with van der Waals surface area (Å²) in [6.07, 6.45) is 2.69. The van der Waals surface area contributed by atoms with Gasteiger partial charge in [-0.3, -0.25) is 10.1 Å². The topological polar surface area (TPSA) is 103 Å². The van der Waals surface area contributed by atoms with Crippen molar-refractivity contribution in [1.82, 2.24) is 15.0 Å². The number of hydrogen-bond donors (Lipinski definition) is 1. The molecule has 0 aliphatic heterocycles. The Morgan fingerprint density at radius 1 is 1.45 bits per heavy atom. The third-order valence-corrected chi connectivity index (χ3v) is 2.52. The third-order valence-electron chi connectivity index (χ3n) is 2.52. The SMILES string of the molecule is CCNc1ncc([N+](=O)[O-])c(-c2ccnc(OC)c2)n1. The molecule has 0 aliphatic rings. The minimum Gasteiger partial charge on any atom is -0.481 e. The lowest BCUT2D eigenvalue weighted by Gasteiger charge is -2.06. The zero-order valence-electron chi connectivity index (χ0n) is 11.0. The molecule has 0 aliphatic carbocycles. The van der Waals surface area contributed by atoms with Crippen LogP contribution < -0.4 is 10.1 Å². The van der Waals surface area contributed by atoms with E-state index in [1.165, 1.54) is 19.5 Å². The lowest BCUT2D eigenvalue weighted by Crippen LogP contribution is -2.05. The third kappa shape index (κ3) is 2.79. The number of aromatic nitrogens is 3. The minimum absolute atomic E-state index is 0.167. The van der Waals surface area contributed by atoms with Crippen molar-refractivity contribution in [2.24, 2.45) is 0 Å². The van der Waals surface area contributed by atoms with Gasteiger partial charge in [0, 0.05) is 24.4 Å². The molecular formula is C12H13N5O3. The van der Waals surface area contributed by atoms with E-state index >= 15 is 0 Å². The number of hydrogen-bond acceptors (Lipinski definition) is 7. The Morgan fingerprint density at radius 3 is 2.90 bits per heavy atom. The Hall–Kier alpha value is -2.77. The van der Waals surface area contributed by atoms with Crippen LogP contribution in [0.5, 0.6) is 5.88 Å². The van der Waals surface area contributed by atoms with Crippen LogP contribution in [0.15, 0.2) is 24.5 Å². The molecule has 0 unspecified atom stereocenters. The Bertz CT molecular complexity index is 632. The number of methoxy groups -OCH3 is 1. The molecule has 0 amide bonds. The summed E-state index contributed by atoms with van der Waals surface area (Å²) in [6, 6.07) is 3.22. The quantitative estimate of drug-likeness (QED) is 0.656. The molecule has 8 heteroatoms. The first-order valence-corrected chi connectivity index (χ1v) is 5.91. The van der Waals surface area contributed by atoms with Crippen LogP contribution in [0.25, 0.3) is 11.3 Å². The molecule has 0 aromatic carbocycles. The van der Waals surface area contributed by atoms with Crippen molar-refractivity contribution >= 4 is 11.6 Å². The van der Waals surface area contributed by atoms with Crippen LogP contribution in [0.1, 0.15) is 6.92 Å². The number of nitrogens with one attached hydrogen (secondary N) is 1. The molecule has 0 saturated carbocycles. The second-order valence-electron chi connectivity index (χ2n) is 3.80. The minimum atomic E-state index is -0.516. The zero-order chi connectivity index (χ0) is 14.5. The average Bonchev–Trinajstić information content (AvgIpc) is 2.47. The van der Waals surface area contributed by atoms with Crippen molar-refractivity contribution in [2.45, 2.75) is 6.92 Å². The zero-order valence-corrected chi connectivity index (χ0v) is 11.0. The van der Waals surface area contributed by atoms with Gasteiger partial charge in [-0.05, 0) is 13.0 Å². The average molecular weight is 275 g/mol. The van der Waals surface area contributed by atoms with Crippen LogP contribution in [0.3, 0.4) is 0 Å². The first-order chi connectivity index (χ1) is 9.65. The number of nitrogens with zero attached hydrogens (tertiary/aromatic N) is 4. The van der Waals surface area contributed by atoms with E-state index in [1.807, 2.05) is 6.92 Å². The van der Waals surface area contributed by atoms with Crippen LogP contribution in [0.2, 0.25) is 0 Å². The van der Waals surface area contributed by atoms with Crippen LogP contribution >= 0.6 is 0 Å². The van der Waals surface area contributed by atoms with E-state index in [2.05, 4.69) is 20.3 Å². The van der Waals surface area contributed by atoms with Gasteiger partial charge in [0.2, 0.25) is 11.8 Å². The molecule has 2 aromatic heterocycles. The Kier molecular flexibility index (Phi) is 4.04. The van der Waals surface area contributed by atoms with E-state index in [1.54, 1.807) is 12.1 Å². The fourth-order valence-corrected chi connectivity index (χ4v) is 1.63. The molecule has 8 nitrogen and oxygen atoms in total. The highest BCUT2D eigenvalue weighted by Crippen LogP contribution is 2.29. The van der Waals surface area contributed by atoms with Crippen LogP contribution in [0.4, 0.5) is 11.6 Å². The highest BCUT2D eigenvalue weighted by atomic mass is 16.6. The lowest BCUT2D eigenvalue weighted by atomic mass is 10.1. The molecule has 0 atom stereocenters. The highest BCUT2D eigenvalue weighted by molar-refractivity contribution is 5.70. The number of rotatable bonds is 5. The largest absolute Gasteiger partial charge is 0.481 e. The van der Waals surface area contributed by atoms with E-state index < -0.39 is 4.92 Å². The highest BCUT2D eigenvalue weighted by Gasteiger charge is 2.19. The molecule has 104 valence electrons. The van der Waals surface area contributed by atoms with Crippen molar-refractivity contribution in [3.8, 4) is 17.1 Å². The van der Waals surface area contributed by atoms with E-state index in [-0.39, 0.29) is 11.4 Å². The predicted molar refractivity (Wildman–Crippen MR) is 72.6 cm³/mol. The number of nitro groups is 1. The molecule has 2 heterocycles. The summed E-state index contributed by atoms with van der Waals surface area (Å²) < 4.78 is 5.01. The van der Waals surface area contributed by atoms with E-state index in [0.29, 0.717) is 23.9 Å². The van der Waals surface area contributed by atoms with Gasteiger partial charge < -0.3 is 10.1 Å². The van der Waals surface area contributed by atoms with Gasteiger partial charge in [-0.15, -0.1) is 0 Å². The maximum absolute atomic E-state index is 11.1. The first-order valence-electron chi connectivity index (χ1n) is 5.91. The smallest absolute Gasteiger partial charge is 0.313 e. The van der Waals surface area contributed by atoms with Crippen LogP contribution in [-0.4, -0.2) is 33.5 Å². The van der Waals surface area contributed by atoms with Crippen molar-refractivity contribution in [3.63, 3.8) is 0 Å². The molecule has 2 aromatic rings. The van der Waals surface area contributed by atoms with Crippen LogP contribution in [0, 0.1) is 10.1 Å². The normalized spacial score (nSPS) is 10.1. The number of pyridine rings is 1. The molecule has 0 saturated heterocycles. The van der Waals surface area contributed by atoms with E-state index in [0.717, 1.165) is 0 Å². The Morgan fingerprint density at radius 2 is 2.25 bits per heavy atom. The summed E-state index contributed by atoms with van der Waals surface area (Å²) in [5.74, 6) is 0.698. The molecule has 1 N–H and O–H groups in total. The Labute approximate surface area is 115 Å². The maximum Gasteiger partial charge on any atom is 0.313 e. The summed E-state index contributed by atoms with van der Waals surface area (Å²) in [5.41, 5.74) is 0.603. The summed E-state index contributed by atoms with van der Waals surface area (Å²) in [4.78, 5) is 22.6. The van der Waals surface area contributed by atoms with Gasteiger partial charge in [0.15, 0.2) is 5.69 Å². The maximum atomic E-state index is 11.1. The molecule has 20 heavy (non-hydrogen) atoms. The summed E-state index contributed by atoms with van der Waals surface area (Å²) in [7, 11) is 1.48. The molecule has 0 spiro atoms. The first kappa shape index (κ1) is 13.7. The van der Waals surface area contributed by atoms with Gasteiger partial charge in [0.25, 0.3) is 0 Å².